The molecule has 5 heteroatoms. The van der Waals surface area contributed by atoms with Gasteiger partial charge >= 0.3 is 0 Å². The molecule has 136 valence electrons. The van der Waals surface area contributed by atoms with Gasteiger partial charge in [-0.15, -0.1) is 0 Å². The molecular weight excluding hydrogens is 316 g/mol. The molecule has 1 amide bonds. The molecule has 2 fully saturated rings. The van der Waals surface area contributed by atoms with Gasteiger partial charge in [0.2, 0.25) is 5.91 Å². The van der Waals surface area contributed by atoms with Gasteiger partial charge in [0, 0.05) is 24.2 Å². The number of carbonyl (C=O) groups excluding carboxylic acids is 1. The van der Waals surface area contributed by atoms with Crippen LogP contribution in [-0.2, 0) is 4.79 Å². The van der Waals surface area contributed by atoms with Crippen molar-refractivity contribution >= 4 is 11.6 Å². The van der Waals surface area contributed by atoms with Gasteiger partial charge in [0.1, 0.15) is 0 Å². The highest BCUT2D eigenvalue weighted by molar-refractivity contribution is 5.92. The van der Waals surface area contributed by atoms with Crippen molar-refractivity contribution in [2.45, 2.75) is 51.0 Å². The first kappa shape index (κ1) is 16.7. The Labute approximate surface area is 149 Å². The van der Waals surface area contributed by atoms with Crippen LogP contribution in [0.2, 0.25) is 0 Å². The summed E-state index contributed by atoms with van der Waals surface area (Å²) in [7, 11) is 0. The number of amides is 1. The molecule has 2 unspecified atom stereocenters. The van der Waals surface area contributed by atoms with Gasteiger partial charge in [0.25, 0.3) is 0 Å². The Balaban J connectivity index is 1.38. The summed E-state index contributed by atoms with van der Waals surface area (Å²) in [6, 6.07) is 6.26. The van der Waals surface area contributed by atoms with Crippen molar-refractivity contribution < 1.29 is 14.3 Å². The summed E-state index contributed by atoms with van der Waals surface area (Å²) in [5, 5.41) is 3.04. The van der Waals surface area contributed by atoms with Crippen molar-refractivity contribution in [2.75, 3.05) is 31.6 Å². The number of fused-ring (bicyclic) bond motifs is 2. The van der Waals surface area contributed by atoms with Crippen LogP contribution in [0.15, 0.2) is 18.2 Å². The van der Waals surface area contributed by atoms with Gasteiger partial charge in [-0.05, 0) is 50.3 Å². The predicted molar refractivity (Wildman–Crippen MR) is 97.2 cm³/mol. The smallest absolute Gasteiger partial charge is 0.238 e. The second-order valence-electron chi connectivity index (χ2n) is 7.48. The monoisotopic (exact) mass is 344 g/mol. The van der Waals surface area contributed by atoms with Gasteiger partial charge in [-0.1, -0.05) is 12.8 Å². The zero-order chi connectivity index (χ0) is 17.1. The van der Waals surface area contributed by atoms with E-state index in [1.807, 2.05) is 18.2 Å². The van der Waals surface area contributed by atoms with E-state index in [0.717, 1.165) is 36.1 Å². The van der Waals surface area contributed by atoms with E-state index in [-0.39, 0.29) is 5.91 Å². The Bertz CT molecular complexity index is 617. The Morgan fingerprint density at radius 2 is 1.84 bits per heavy atom. The second-order valence-corrected chi connectivity index (χ2v) is 7.48. The summed E-state index contributed by atoms with van der Waals surface area (Å²) in [4.78, 5) is 15.0. The molecule has 2 atom stereocenters. The molecule has 1 aromatic rings. The van der Waals surface area contributed by atoms with Gasteiger partial charge in [-0.3, -0.25) is 9.69 Å². The number of piperidine rings is 1. The number of rotatable bonds is 3. The average Bonchev–Trinajstić information content (AvgIpc) is 2.87. The number of hydrogen-bond donors (Lipinski definition) is 1. The maximum Gasteiger partial charge on any atom is 0.238 e. The molecule has 1 N–H and O–H groups in total. The van der Waals surface area contributed by atoms with Crippen LogP contribution in [0.25, 0.3) is 0 Å². The van der Waals surface area contributed by atoms with Crippen LogP contribution in [-0.4, -0.2) is 43.2 Å². The van der Waals surface area contributed by atoms with E-state index in [1.54, 1.807) is 0 Å². The van der Waals surface area contributed by atoms with E-state index in [9.17, 15) is 4.79 Å². The molecule has 4 rings (SSSR count). The summed E-state index contributed by atoms with van der Waals surface area (Å²) in [6.45, 7) is 2.88. The molecule has 0 spiro atoms. The van der Waals surface area contributed by atoms with Crippen LogP contribution < -0.4 is 14.8 Å². The first-order valence-corrected chi connectivity index (χ1v) is 9.73. The maximum absolute atomic E-state index is 12.6. The van der Waals surface area contributed by atoms with E-state index < -0.39 is 0 Å². The molecule has 5 nitrogen and oxygen atoms in total. The van der Waals surface area contributed by atoms with Crippen LogP contribution in [0, 0.1) is 5.92 Å². The third-order valence-electron chi connectivity index (χ3n) is 5.74. The molecule has 25 heavy (non-hydrogen) atoms. The topological polar surface area (TPSA) is 50.8 Å². The number of hydrogen-bond acceptors (Lipinski definition) is 4. The van der Waals surface area contributed by atoms with Crippen LogP contribution >= 0.6 is 0 Å². The van der Waals surface area contributed by atoms with Gasteiger partial charge < -0.3 is 14.8 Å². The van der Waals surface area contributed by atoms with Crippen molar-refractivity contribution in [3.8, 4) is 11.5 Å². The van der Waals surface area contributed by atoms with Crippen molar-refractivity contribution in [1.29, 1.82) is 0 Å². The Morgan fingerprint density at radius 3 is 2.76 bits per heavy atom. The highest BCUT2D eigenvalue weighted by atomic mass is 16.5. The number of ether oxygens (including phenoxy) is 2. The Hall–Kier alpha value is -1.75. The molecule has 0 bridgehead atoms. The fraction of sp³-hybridized carbons (Fsp3) is 0.650. The summed E-state index contributed by atoms with van der Waals surface area (Å²) >= 11 is 0. The van der Waals surface area contributed by atoms with E-state index >= 15 is 0 Å². The lowest BCUT2D eigenvalue weighted by Crippen LogP contribution is -2.49. The Kier molecular flexibility index (Phi) is 5.11. The van der Waals surface area contributed by atoms with Gasteiger partial charge in [0.15, 0.2) is 11.5 Å². The number of nitrogens with zero attached hydrogens (tertiary/aromatic N) is 1. The molecular formula is C20H28N2O3. The number of likely N-dealkylation sites (tertiary alicyclic amines) is 1. The first-order valence-electron chi connectivity index (χ1n) is 9.73. The quantitative estimate of drug-likeness (QED) is 0.912. The fourth-order valence-electron chi connectivity index (χ4n) is 4.55. The van der Waals surface area contributed by atoms with Crippen LogP contribution in [0.1, 0.15) is 44.9 Å². The minimum absolute atomic E-state index is 0.0701. The molecule has 1 aliphatic carbocycles. The third-order valence-corrected chi connectivity index (χ3v) is 5.74. The summed E-state index contributed by atoms with van der Waals surface area (Å²) < 4.78 is 11.3. The number of benzene rings is 1. The SMILES string of the molecule is O=C(CN1CCCC2CCCCC21)Nc1ccc2c(c1)OCCCO2. The van der Waals surface area contributed by atoms with E-state index in [1.165, 1.54) is 38.5 Å². The van der Waals surface area contributed by atoms with E-state index in [4.69, 9.17) is 9.47 Å². The fourth-order valence-corrected chi connectivity index (χ4v) is 4.55. The second kappa shape index (κ2) is 7.65. The Morgan fingerprint density at radius 1 is 1.04 bits per heavy atom. The summed E-state index contributed by atoms with van der Waals surface area (Å²) in [5.74, 6) is 2.35. The summed E-state index contributed by atoms with van der Waals surface area (Å²) in [5.41, 5.74) is 0.784. The zero-order valence-electron chi connectivity index (χ0n) is 14.8. The molecule has 2 heterocycles. The normalized spacial score (nSPS) is 26.4. The highest BCUT2D eigenvalue weighted by Gasteiger charge is 2.33. The van der Waals surface area contributed by atoms with E-state index in [0.29, 0.717) is 25.8 Å². The van der Waals surface area contributed by atoms with Crippen molar-refractivity contribution in [3.63, 3.8) is 0 Å². The van der Waals surface area contributed by atoms with Crippen molar-refractivity contribution in [1.82, 2.24) is 4.90 Å². The van der Waals surface area contributed by atoms with Crippen molar-refractivity contribution in [2.24, 2.45) is 5.92 Å². The zero-order valence-corrected chi connectivity index (χ0v) is 14.8. The van der Waals surface area contributed by atoms with E-state index in [2.05, 4.69) is 10.2 Å². The molecule has 1 saturated carbocycles. The largest absolute Gasteiger partial charge is 0.490 e. The third kappa shape index (κ3) is 3.92. The molecule has 2 aliphatic heterocycles. The highest BCUT2D eigenvalue weighted by Crippen LogP contribution is 2.35. The predicted octanol–water partition coefficient (Wildman–Crippen LogP) is 3.44. The average molecular weight is 344 g/mol. The van der Waals surface area contributed by atoms with Crippen molar-refractivity contribution in [3.05, 3.63) is 18.2 Å². The molecule has 1 saturated heterocycles. The van der Waals surface area contributed by atoms with Gasteiger partial charge in [-0.2, -0.15) is 0 Å². The number of anilines is 1. The minimum Gasteiger partial charge on any atom is -0.490 e. The molecule has 3 aliphatic rings. The summed E-state index contributed by atoms with van der Waals surface area (Å²) in [6.07, 6.45) is 8.70. The van der Waals surface area contributed by atoms with Crippen LogP contribution in [0.5, 0.6) is 11.5 Å². The maximum atomic E-state index is 12.6. The van der Waals surface area contributed by atoms with Crippen LogP contribution in [0.4, 0.5) is 5.69 Å². The standard InChI is InChI=1S/C20H28N2O3/c23-20(14-22-10-3-6-15-5-1-2-7-17(15)22)21-16-8-9-18-19(13-16)25-12-4-11-24-18/h8-9,13,15,17H,1-7,10-12,14H2,(H,21,23). The first-order chi connectivity index (χ1) is 12.3. The van der Waals surface area contributed by atoms with Gasteiger partial charge in [0.05, 0.1) is 19.8 Å². The number of nitrogens with one attached hydrogen (secondary N) is 1. The molecule has 0 radical (unpaired) electrons. The lowest BCUT2D eigenvalue weighted by atomic mass is 9.78. The molecule has 0 aromatic heterocycles. The lowest BCUT2D eigenvalue weighted by Gasteiger charge is -2.43. The number of carbonyl (C=O) groups is 1. The minimum atomic E-state index is 0.0701. The molecule has 1 aromatic carbocycles. The van der Waals surface area contributed by atoms with Gasteiger partial charge in [-0.25, -0.2) is 0 Å². The lowest BCUT2D eigenvalue weighted by molar-refractivity contribution is -0.118. The van der Waals surface area contributed by atoms with Crippen LogP contribution in [0.3, 0.4) is 0 Å².